The smallest absolute Gasteiger partial charge is 0.0622 e. The van der Waals surface area contributed by atoms with E-state index in [0.717, 1.165) is 0 Å². The third-order valence-electron chi connectivity index (χ3n) is 2.68. The average molecular weight is 170 g/mol. The summed E-state index contributed by atoms with van der Waals surface area (Å²) in [6, 6.07) is 0. The summed E-state index contributed by atoms with van der Waals surface area (Å²) < 4.78 is 0. The molecule has 1 atom stereocenters. The van der Waals surface area contributed by atoms with Crippen molar-refractivity contribution in [1.29, 1.82) is 0 Å². The van der Waals surface area contributed by atoms with Gasteiger partial charge in [-0.25, -0.2) is 0 Å². The monoisotopic (exact) mass is 170 g/mol. The molecule has 1 unspecified atom stereocenters. The predicted octanol–water partition coefficient (Wildman–Crippen LogP) is 1.77. The highest BCUT2D eigenvalue weighted by atomic mass is 15.4. The molecule has 1 rings (SSSR count). The molecule has 0 aromatic rings. The second-order valence-corrected chi connectivity index (χ2v) is 4.95. The molecule has 1 aliphatic heterocycles. The zero-order chi connectivity index (χ0) is 9.35. The molecule has 0 N–H and O–H groups in total. The molecule has 2 nitrogen and oxygen atoms in total. The van der Waals surface area contributed by atoms with Gasteiger partial charge >= 0.3 is 0 Å². The van der Waals surface area contributed by atoms with Crippen molar-refractivity contribution in [3.63, 3.8) is 0 Å². The molecule has 72 valence electrons. The van der Waals surface area contributed by atoms with Gasteiger partial charge in [-0.3, -0.25) is 9.80 Å². The lowest BCUT2D eigenvalue weighted by atomic mass is 10.1. The maximum atomic E-state index is 2.59. The van der Waals surface area contributed by atoms with Crippen LogP contribution >= 0.6 is 0 Å². The largest absolute Gasteiger partial charge is 0.294 e. The second-order valence-electron chi connectivity index (χ2n) is 4.95. The van der Waals surface area contributed by atoms with Crippen LogP contribution in [-0.2, 0) is 0 Å². The molecule has 0 aromatic carbocycles. The van der Waals surface area contributed by atoms with E-state index in [1.807, 2.05) is 0 Å². The van der Waals surface area contributed by atoms with Crippen molar-refractivity contribution < 1.29 is 0 Å². The maximum absolute atomic E-state index is 2.59. The average Bonchev–Trinajstić information content (AvgIpc) is 2.30. The third-order valence-corrected chi connectivity index (χ3v) is 2.68. The highest BCUT2D eigenvalue weighted by Gasteiger charge is 2.33. The van der Waals surface area contributed by atoms with Gasteiger partial charge in [-0.2, -0.15) is 0 Å². The number of rotatable bonds is 1. The van der Waals surface area contributed by atoms with Gasteiger partial charge < -0.3 is 0 Å². The van der Waals surface area contributed by atoms with E-state index >= 15 is 0 Å². The summed E-state index contributed by atoms with van der Waals surface area (Å²) >= 11 is 0. The summed E-state index contributed by atoms with van der Waals surface area (Å²) in [5.41, 5.74) is 0.325. The highest BCUT2D eigenvalue weighted by molar-refractivity contribution is 4.86. The number of likely N-dealkylation sites (tertiary alicyclic amines) is 1. The minimum absolute atomic E-state index is 0.325. The Balaban J connectivity index is 2.64. The van der Waals surface area contributed by atoms with E-state index in [4.69, 9.17) is 0 Å². The number of hydrogen-bond donors (Lipinski definition) is 0. The molecule has 0 aliphatic carbocycles. The van der Waals surface area contributed by atoms with Crippen LogP contribution in [0, 0.1) is 0 Å². The molecule has 0 bridgehead atoms. The molecular formula is C10H22N2. The van der Waals surface area contributed by atoms with Crippen LogP contribution in [0.25, 0.3) is 0 Å². The van der Waals surface area contributed by atoms with Crippen LogP contribution in [0.2, 0.25) is 0 Å². The highest BCUT2D eigenvalue weighted by Crippen LogP contribution is 2.26. The number of nitrogens with zero attached hydrogens (tertiary/aromatic N) is 2. The lowest BCUT2D eigenvalue weighted by Crippen LogP contribution is -2.50. The van der Waals surface area contributed by atoms with E-state index in [2.05, 4.69) is 44.7 Å². The summed E-state index contributed by atoms with van der Waals surface area (Å²) in [7, 11) is 4.35. The van der Waals surface area contributed by atoms with Crippen molar-refractivity contribution in [1.82, 2.24) is 9.80 Å². The SMILES string of the molecule is CN(C)C1CCCN1C(C)(C)C. The molecule has 0 aromatic heterocycles. The van der Waals surface area contributed by atoms with Crippen molar-refractivity contribution in [3.8, 4) is 0 Å². The van der Waals surface area contributed by atoms with Gasteiger partial charge in [-0.1, -0.05) is 0 Å². The molecule has 0 amide bonds. The summed E-state index contributed by atoms with van der Waals surface area (Å²) in [4.78, 5) is 4.92. The molecule has 1 fully saturated rings. The Hall–Kier alpha value is -0.0800. The van der Waals surface area contributed by atoms with Crippen molar-refractivity contribution >= 4 is 0 Å². The Morgan fingerprint density at radius 1 is 1.25 bits per heavy atom. The van der Waals surface area contributed by atoms with Crippen LogP contribution in [-0.4, -0.2) is 42.1 Å². The van der Waals surface area contributed by atoms with Gasteiger partial charge in [-0.05, 0) is 47.7 Å². The predicted molar refractivity (Wildman–Crippen MR) is 53.2 cm³/mol. The van der Waals surface area contributed by atoms with E-state index in [1.165, 1.54) is 19.4 Å². The molecule has 0 radical (unpaired) electrons. The number of hydrogen-bond acceptors (Lipinski definition) is 2. The van der Waals surface area contributed by atoms with E-state index < -0.39 is 0 Å². The minimum atomic E-state index is 0.325. The molecule has 0 saturated carbocycles. The molecule has 2 heteroatoms. The van der Waals surface area contributed by atoms with Crippen molar-refractivity contribution in [3.05, 3.63) is 0 Å². The van der Waals surface area contributed by atoms with E-state index in [0.29, 0.717) is 11.7 Å². The van der Waals surface area contributed by atoms with Crippen LogP contribution in [0.4, 0.5) is 0 Å². The van der Waals surface area contributed by atoms with Gasteiger partial charge in [0.05, 0.1) is 6.17 Å². The Labute approximate surface area is 76.5 Å². The first-order chi connectivity index (χ1) is 5.43. The van der Waals surface area contributed by atoms with Crippen LogP contribution in [0.3, 0.4) is 0 Å². The first-order valence-corrected chi connectivity index (χ1v) is 4.86. The van der Waals surface area contributed by atoms with E-state index in [-0.39, 0.29) is 0 Å². The molecule has 1 aliphatic rings. The zero-order valence-electron chi connectivity index (χ0n) is 9.09. The molecule has 12 heavy (non-hydrogen) atoms. The van der Waals surface area contributed by atoms with Gasteiger partial charge in [-0.15, -0.1) is 0 Å². The van der Waals surface area contributed by atoms with Gasteiger partial charge in [0.2, 0.25) is 0 Å². The van der Waals surface area contributed by atoms with Crippen LogP contribution < -0.4 is 0 Å². The topological polar surface area (TPSA) is 6.48 Å². The zero-order valence-corrected chi connectivity index (χ0v) is 9.09. The fourth-order valence-corrected chi connectivity index (χ4v) is 2.07. The fraction of sp³-hybridized carbons (Fsp3) is 1.00. The normalized spacial score (nSPS) is 27.0. The van der Waals surface area contributed by atoms with Crippen LogP contribution in [0.15, 0.2) is 0 Å². The summed E-state index contributed by atoms with van der Waals surface area (Å²) in [5, 5.41) is 0. The maximum Gasteiger partial charge on any atom is 0.0622 e. The van der Waals surface area contributed by atoms with E-state index in [1.54, 1.807) is 0 Å². The van der Waals surface area contributed by atoms with Gasteiger partial charge in [0.15, 0.2) is 0 Å². The van der Waals surface area contributed by atoms with E-state index in [9.17, 15) is 0 Å². The van der Waals surface area contributed by atoms with Gasteiger partial charge in [0.25, 0.3) is 0 Å². The summed E-state index contributed by atoms with van der Waals surface area (Å²) in [6.07, 6.45) is 3.33. The van der Waals surface area contributed by atoms with Gasteiger partial charge in [0.1, 0.15) is 0 Å². The lowest BCUT2D eigenvalue weighted by Gasteiger charge is -2.39. The first-order valence-electron chi connectivity index (χ1n) is 4.86. The molecule has 1 heterocycles. The fourth-order valence-electron chi connectivity index (χ4n) is 2.07. The molecule has 0 spiro atoms. The molecular weight excluding hydrogens is 148 g/mol. The standard InChI is InChI=1S/C10H22N2/c1-10(2,3)12-8-6-7-9(12)11(4)5/h9H,6-8H2,1-5H3. The quantitative estimate of drug-likeness (QED) is 0.592. The van der Waals surface area contributed by atoms with Crippen molar-refractivity contribution in [2.75, 3.05) is 20.6 Å². The van der Waals surface area contributed by atoms with Crippen molar-refractivity contribution in [2.24, 2.45) is 0 Å². The summed E-state index contributed by atoms with van der Waals surface area (Å²) in [6.45, 7) is 8.16. The Bertz CT molecular complexity index is 146. The third kappa shape index (κ3) is 1.99. The Kier molecular flexibility index (Phi) is 2.79. The molecule has 1 saturated heterocycles. The minimum Gasteiger partial charge on any atom is -0.294 e. The second kappa shape index (κ2) is 3.35. The van der Waals surface area contributed by atoms with Crippen LogP contribution in [0.5, 0.6) is 0 Å². The first kappa shape index (κ1) is 10.0. The Morgan fingerprint density at radius 3 is 2.17 bits per heavy atom. The van der Waals surface area contributed by atoms with Crippen molar-refractivity contribution in [2.45, 2.75) is 45.3 Å². The lowest BCUT2D eigenvalue weighted by molar-refractivity contribution is 0.0427. The van der Waals surface area contributed by atoms with Gasteiger partial charge in [0, 0.05) is 12.1 Å². The summed E-state index contributed by atoms with van der Waals surface area (Å²) in [5.74, 6) is 0. The van der Waals surface area contributed by atoms with Crippen LogP contribution in [0.1, 0.15) is 33.6 Å². The Morgan fingerprint density at radius 2 is 1.83 bits per heavy atom.